The van der Waals surface area contributed by atoms with Crippen molar-refractivity contribution in [1.82, 2.24) is 4.98 Å². The van der Waals surface area contributed by atoms with Crippen molar-refractivity contribution in [3.8, 4) is 5.75 Å². The van der Waals surface area contributed by atoms with Gasteiger partial charge in [0.15, 0.2) is 17.9 Å². The van der Waals surface area contributed by atoms with Gasteiger partial charge in [-0.1, -0.05) is 59.7 Å². The number of nitrogens with one attached hydrogen (secondary N) is 1. The van der Waals surface area contributed by atoms with Gasteiger partial charge in [-0.05, 0) is 36.4 Å². The Morgan fingerprint density at radius 3 is 2.15 bits per heavy atom. The van der Waals surface area contributed by atoms with Gasteiger partial charge in [0, 0.05) is 42.8 Å². The zero-order valence-electron chi connectivity index (χ0n) is 25.0. The maximum Gasteiger partial charge on any atom is 0.255 e. The van der Waals surface area contributed by atoms with Crippen molar-refractivity contribution in [1.29, 1.82) is 0 Å². The van der Waals surface area contributed by atoms with E-state index in [0.717, 1.165) is 38.1 Å². The predicted octanol–water partition coefficient (Wildman–Crippen LogP) is 6.63. The molecular weight excluding hydrogens is 523 g/mol. The first-order chi connectivity index (χ1) is 19.8. The van der Waals surface area contributed by atoms with Crippen LogP contribution in [-0.2, 0) is 9.47 Å². The Balaban J connectivity index is 0.00000111. The summed E-state index contributed by atoms with van der Waals surface area (Å²) in [6.07, 6.45) is 0.641. The standard InChI is InChI=1S/C28H31FN4O4.2C2H6/c1-28(2)17-36-27(37-18-28)22-14-19(15-23(29)25(22)34)26(35)31-20-8-9-24(30-16-20)33-12-10-32(11-13-33)21-6-4-3-5-7-21;2*1-2/h3-9,14-16,27,34H,10-13,17-18H2,1-2H3,(H,31,35);2*1-2H3. The number of carbonyl (C=O) groups is 1. The molecule has 0 unspecified atom stereocenters. The molecule has 8 nitrogen and oxygen atoms in total. The summed E-state index contributed by atoms with van der Waals surface area (Å²) in [5.41, 5.74) is 1.65. The first-order valence-corrected chi connectivity index (χ1v) is 14.4. The van der Waals surface area contributed by atoms with Crippen molar-refractivity contribution in [3.05, 3.63) is 77.7 Å². The van der Waals surface area contributed by atoms with E-state index < -0.39 is 23.8 Å². The van der Waals surface area contributed by atoms with Gasteiger partial charge in [0.25, 0.3) is 5.91 Å². The van der Waals surface area contributed by atoms with Crippen LogP contribution in [0.5, 0.6) is 5.75 Å². The van der Waals surface area contributed by atoms with E-state index in [1.165, 1.54) is 11.8 Å². The molecular formula is C32H43FN4O4. The van der Waals surface area contributed by atoms with E-state index in [9.17, 15) is 14.3 Å². The Bertz CT molecular complexity index is 1240. The molecule has 0 aliphatic carbocycles. The summed E-state index contributed by atoms with van der Waals surface area (Å²) in [6.45, 7) is 16.2. The first kappa shape index (κ1) is 31.8. The molecule has 0 radical (unpaired) electrons. The molecule has 2 saturated heterocycles. The number of hydrogen-bond acceptors (Lipinski definition) is 7. The minimum absolute atomic E-state index is 0.0449. The van der Waals surface area contributed by atoms with Crippen LogP contribution in [0, 0.1) is 11.2 Å². The third-order valence-corrected chi connectivity index (χ3v) is 6.59. The summed E-state index contributed by atoms with van der Waals surface area (Å²) in [5.74, 6) is -1.19. The highest BCUT2D eigenvalue weighted by Gasteiger charge is 2.32. The molecule has 2 fully saturated rings. The van der Waals surface area contributed by atoms with Gasteiger partial charge in [-0.15, -0.1) is 0 Å². The highest BCUT2D eigenvalue weighted by molar-refractivity contribution is 6.04. The molecule has 2 N–H and O–H groups in total. The van der Waals surface area contributed by atoms with Gasteiger partial charge >= 0.3 is 0 Å². The number of nitrogens with zero attached hydrogens (tertiary/aromatic N) is 3. The molecule has 5 rings (SSSR count). The molecule has 1 aromatic heterocycles. The highest BCUT2D eigenvalue weighted by atomic mass is 19.1. The lowest BCUT2D eigenvalue weighted by Crippen LogP contribution is -2.46. The first-order valence-electron chi connectivity index (χ1n) is 14.4. The van der Waals surface area contributed by atoms with Crippen LogP contribution < -0.4 is 15.1 Å². The minimum Gasteiger partial charge on any atom is -0.504 e. The largest absolute Gasteiger partial charge is 0.504 e. The number of benzene rings is 2. The molecule has 3 aromatic rings. The average molecular weight is 567 g/mol. The Kier molecular flexibility index (Phi) is 11.5. The topological polar surface area (TPSA) is 87.2 Å². The number of rotatable bonds is 5. The number of aromatic hydroxyl groups is 1. The van der Waals surface area contributed by atoms with Crippen molar-refractivity contribution >= 4 is 23.1 Å². The summed E-state index contributed by atoms with van der Waals surface area (Å²) < 4.78 is 25.8. The molecule has 9 heteroatoms. The van der Waals surface area contributed by atoms with E-state index >= 15 is 0 Å². The number of carbonyl (C=O) groups excluding carboxylic acids is 1. The number of aromatic nitrogens is 1. The quantitative estimate of drug-likeness (QED) is 0.358. The summed E-state index contributed by atoms with van der Waals surface area (Å²) in [4.78, 5) is 22.0. The van der Waals surface area contributed by atoms with Crippen LogP contribution in [0.1, 0.15) is 63.8 Å². The van der Waals surface area contributed by atoms with Gasteiger partial charge in [-0.2, -0.15) is 0 Å². The molecule has 2 aromatic carbocycles. The fraction of sp³-hybridized carbons (Fsp3) is 0.438. The van der Waals surface area contributed by atoms with E-state index in [0.29, 0.717) is 18.9 Å². The normalized spacial score (nSPS) is 16.6. The monoisotopic (exact) mass is 566 g/mol. The second kappa shape index (κ2) is 14.8. The number of anilines is 3. The average Bonchev–Trinajstić information content (AvgIpc) is 3.01. The molecule has 3 heterocycles. The van der Waals surface area contributed by atoms with Crippen LogP contribution in [0.15, 0.2) is 60.8 Å². The fourth-order valence-corrected chi connectivity index (χ4v) is 4.49. The van der Waals surface area contributed by atoms with Crippen molar-refractivity contribution in [2.45, 2.75) is 47.8 Å². The number of para-hydroxylation sites is 1. The van der Waals surface area contributed by atoms with E-state index in [1.807, 2.05) is 65.8 Å². The van der Waals surface area contributed by atoms with Gasteiger partial charge in [-0.3, -0.25) is 4.79 Å². The lowest BCUT2D eigenvalue weighted by molar-refractivity contribution is -0.226. The highest BCUT2D eigenvalue weighted by Crippen LogP contribution is 2.37. The molecule has 0 bridgehead atoms. The maximum atomic E-state index is 14.5. The van der Waals surface area contributed by atoms with Crippen LogP contribution in [-0.4, -0.2) is 55.4 Å². The van der Waals surface area contributed by atoms with Crippen LogP contribution in [0.2, 0.25) is 0 Å². The van der Waals surface area contributed by atoms with E-state index in [-0.39, 0.29) is 16.5 Å². The van der Waals surface area contributed by atoms with E-state index in [4.69, 9.17) is 9.47 Å². The number of phenols is 1. The Labute approximate surface area is 243 Å². The molecule has 2 aliphatic rings. The lowest BCUT2D eigenvalue weighted by atomic mass is 9.95. The Morgan fingerprint density at radius 2 is 1.56 bits per heavy atom. The number of amides is 1. The smallest absolute Gasteiger partial charge is 0.255 e. The van der Waals surface area contributed by atoms with Gasteiger partial charge in [0.2, 0.25) is 0 Å². The van der Waals surface area contributed by atoms with Crippen molar-refractivity contribution in [2.75, 3.05) is 54.5 Å². The maximum absolute atomic E-state index is 14.5. The Hall–Kier alpha value is -3.69. The molecule has 0 spiro atoms. The van der Waals surface area contributed by atoms with Crippen LogP contribution in [0.25, 0.3) is 0 Å². The van der Waals surface area contributed by atoms with Gasteiger partial charge < -0.3 is 29.7 Å². The zero-order chi connectivity index (χ0) is 30.0. The van der Waals surface area contributed by atoms with Crippen LogP contribution in [0.3, 0.4) is 0 Å². The molecule has 1 amide bonds. The molecule has 0 atom stereocenters. The second-order valence-electron chi connectivity index (χ2n) is 10.2. The summed E-state index contributed by atoms with van der Waals surface area (Å²) in [5, 5.41) is 13.0. The second-order valence-corrected chi connectivity index (χ2v) is 10.2. The molecule has 2 aliphatic heterocycles. The third kappa shape index (κ3) is 8.17. The molecule has 41 heavy (non-hydrogen) atoms. The van der Waals surface area contributed by atoms with Crippen molar-refractivity contribution in [2.24, 2.45) is 5.41 Å². The Morgan fingerprint density at radius 1 is 0.951 bits per heavy atom. The van der Waals surface area contributed by atoms with Gasteiger partial charge in [0.05, 0.1) is 30.7 Å². The van der Waals surface area contributed by atoms with Gasteiger partial charge in [-0.25, -0.2) is 9.37 Å². The predicted molar refractivity (Wildman–Crippen MR) is 162 cm³/mol. The number of hydrogen-bond donors (Lipinski definition) is 2. The van der Waals surface area contributed by atoms with Crippen molar-refractivity contribution < 1.29 is 23.8 Å². The number of phenolic OH excluding ortho intramolecular Hbond substituents is 1. The number of pyridine rings is 1. The minimum atomic E-state index is -0.946. The lowest BCUT2D eigenvalue weighted by Gasteiger charge is -2.36. The number of halogens is 1. The van der Waals surface area contributed by atoms with Crippen LogP contribution in [0.4, 0.5) is 21.6 Å². The number of ether oxygens (including phenoxy) is 2. The van der Waals surface area contributed by atoms with Crippen LogP contribution >= 0.6 is 0 Å². The summed E-state index contributed by atoms with van der Waals surface area (Å²) >= 11 is 0. The third-order valence-electron chi connectivity index (χ3n) is 6.59. The summed E-state index contributed by atoms with van der Waals surface area (Å²) in [7, 11) is 0. The zero-order valence-corrected chi connectivity index (χ0v) is 25.0. The molecule has 0 saturated carbocycles. The molecule has 222 valence electrons. The number of piperazine rings is 1. The van der Waals surface area contributed by atoms with E-state index in [1.54, 1.807) is 12.3 Å². The summed E-state index contributed by atoms with van der Waals surface area (Å²) in [6, 6.07) is 16.4. The van der Waals surface area contributed by atoms with E-state index in [2.05, 4.69) is 32.2 Å². The SMILES string of the molecule is CC.CC.CC1(C)COC(c2cc(C(=O)Nc3ccc(N4CCN(c5ccccc5)CC4)nc3)cc(F)c2O)OC1. The van der Waals surface area contributed by atoms with Crippen molar-refractivity contribution in [3.63, 3.8) is 0 Å². The van der Waals surface area contributed by atoms with Gasteiger partial charge in [0.1, 0.15) is 5.82 Å². The fourth-order valence-electron chi connectivity index (χ4n) is 4.49.